The molecule has 3 N–H and O–H groups in total. The molecule has 0 bridgehead atoms. The number of nitrogens with two attached hydrogens (primary N) is 1. The van der Waals surface area contributed by atoms with Crippen LogP contribution in [0.2, 0.25) is 0 Å². The molecule has 2 aliphatic rings. The molecule has 3 amide bonds. The number of methoxy groups -OCH3 is 2. The Labute approximate surface area is 174 Å². The third kappa shape index (κ3) is 3.82. The second kappa shape index (κ2) is 8.43. The van der Waals surface area contributed by atoms with Gasteiger partial charge in [-0.05, 0) is 16.9 Å². The summed E-state index contributed by atoms with van der Waals surface area (Å²) in [6.45, 7) is -0.274. The lowest BCUT2D eigenvalue weighted by atomic mass is 9.94. The minimum absolute atomic E-state index is 0.0986. The zero-order chi connectivity index (χ0) is 21.2. The van der Waals surface area contributed by atoms with Crippen molar-refractivity contribution in [3.05, 3.63) is 33.4 Å². The first-order chi connectivity index (χ1) is 13.8. The third-order valence-electron chi connectivity index (χ3n) is 4.50. The lowest BCUT2D eigenvalue weighted by Gasteiger charge is -2.57. The van der Waals surface area contributed by atoms with Crippen molar-refractivity contribution in [1.29, 1.82) is 0 Å². The average Bonchev–Trinajstić information content (AvgIpc) is 3.21. The number of primary amides is 1. The van der Waals surface area contributed by atoms with Gasteiger partial charge in [0.05, 0.1) is 13.5 Å². The molecular weight excluding hydrogens is 422 g/mol. The molecule has 156 valence electrons. The highest BCUT2D eigenvalue weighted by Crippen LogP contribution is 2.46. The first kappa shape index (κ1) is 21.1. The predicted octanol–water partition coefficient (Wildman–Crippen LogP) is 0.185. The monoisotopic (exact) mass is 441 g/mol. The van der Waals surface area contributed by atoms with Crippen molar-refractivity contribution in [3.63, 3.8) is 0 Å². The number of nitrogens with one attached hydrogen (secondary N) is 1. The van der Waals surface area contributed by atoms with Crippen molar-refractivity contribution in [3.8, 4) is 0 Å². The Morgan fingerprint density at radius 1 is 1.34 bits per heavy atom. The van der Waals surface area contributed by atoms with Gasteiger partial charge in [0, 0.05) is 17.6 Å². The summed E-state index contributed by atoms with van der Waals surface area (Å²) in [5.74, 6) is -1.70. The fourth-order valence-corrected chi connectivity index (χ4v) is 5.16. The van der Waals surface area contributed by atoms with Crippen LogP contribution in [0.3, 0.4) is 0 Å². The summed E-state index contributed by atoms with van der Waals surface area (Å²) in [6.07, 6.45) is -0.912. The van der Waals surface area contributed by atoms with E-state index in [9.17, 15) is 19.2 Å². The zero-order valence-corrected chi connectivity index (χ0v) is 17.2. The van der Waals surface area contributed by atoms with E-state index in [2.05, 4.69) is 5.32 Å². The molecule has 1 saturated heterocycles. The number of thioether (sulfide) groups is 1. The molecular formula is C17H19N3O7S2. The topological polar surface area (TPSA) is 137 Å². The molecule has 3 atom stereocenters. The summed E-state index contributed by atoms with van der Waals surface area (Å²) < 4.78 is 15.0. The molecule has 29 heavy (non-hydrogen) atoms. The second-order valence-electron chi connectivity index (χ2n) is 6.17. The van der Waals surface area contributed by atoms with E-state index in [4.69, 9.17) is 19.9 Å². The molecule has 12 heteroatoms. The summed E-state index contributed by atoms with van der Waals surface area (Å²) in [5.41, 5.74) is 3.70. The Morgan fingerprint density at radius 2 is 2.10 bits per heavy atom. The van der Waals surface area contributed by atoms with Crippen LogP contribution in [0.15, 0.2) is 28.5 Å². The van der Waals surface area contributed by atoms with Gasteiger partial charge in [0.15, 0.2) is 6.04 Å². The van der Waals surface area contributed by atoms with E-state index in [0.29, 0.717) is 5.57 Å². The van der Waals surface area contributed by atoms with Crippen molar-refractivity contribution in [2.75, 3.05) is 20.8 Å². The van der Waals surface area contributed by atoms with Crippen LogP contribution in [-0.4, -0.2) is 66.7 Å². The van der Waals surface area contributed by atoms with E-state index in [1.807, 2.05) is 17.5 Å². The first-order valence-electron chi connectivity index (χ1n) is 8.39. The number of carbonyl (C=O) groups excluding carboxylic acids is 4. The van der Waals surface area contributed by atoms with Crippen LogP contribution in [0.1, 0.15) is 4.88 Å². The second-order valence-corrected chi connectivity index (χ2v) is 8.16. The van der Waals surface area contributed by atoms with Crippen LogP contribution in [0, 0.1) is 0 Å². The van der Waals surface area contributed by atoms with Gasteiger partial charge < -0.3 is 30.2 Å². The maximum atomic E-state index is 13.0. The van der Waals surface area contributed by atoms with Crippen LogP contribution < -0.4 is 11.1 Å². The molecule has 1 aromatic rings. The van der Waals surface area contributed by atoms with Gasteiger partial charge in [-0.25, -0.2) is 9.59 Å². The van der Waals surface area contributed by atoms with Gasteiger partial charge >= 0.3 is 12.1 Å². The van der Waals surface area contributed by atoms with Gasteiger partial charge in [-0.2, -0.15) is 0 Å². The summed E-state index contributed by atoms with van der Waals surface area (Å²) in [5, 5.41) is 5.39. The fraction of sp³-hybridized carbons (Fsp3) is 0.412. The predicted molar refractivity (Wildman–Crippen MR) is 104 cm³/mol. The van der Waals surface area contributed by atoms with Crippen LogP contribution in [0.5, 0.6) is 0 Å². The first-order valence-corrected chi connectivity index (χ1v) is 10.2. The lowest BCUT2D eigenvalue weighted by Crippen LogP contribution is -2.83. The quantitative estimate of drug-likeness (QED) is 0.347. The van der Waals surface area contributed by atoms with Crippen molar-refractivity contribution in [2.24, 2.45) is 5.73 Å². The Morgan fingerprint density at radius 3 is 2.69 bits per heavy atom. The molecule has 0 radical (unpaired) electrons. The maximum Gasteiger partial charge on any atom is 0.404 e. The Hall–Kier alpha value is -2.57. The molecule has 0 aliphatic carbocycles. The van der Waals surface area contributed by atoms with E-state index in [1.165, 1.54) is 30.5 Å². The van der Waals surface area contributed by atoms with E-state index in [-0.39, 0.29) is 18.9 Å². The lowest BCUT2D eigenvalue weighted by molar-refractivity contribution is -0.202. The van der Waals surface area contributed by atoms with Gasteiger partial charge in [0.25, 0.3) is 11.6 Å². The Balaban J connectivity index is 1.82. The molecule has 3 heterocycles. The number of fused-ring (bicyclic) bond motifs is 1. The number of esters is 1. The number of β-lactam (4-membered cyclic amide) rings is 1. The van der Waals surface area contributed by atoms with Crippen molar-refractivity contribution < 1.29 is 33.4 Å². The van der Waals surface area contributed by atoms with Crippen LogP contribution in [-0.2, 0) is 35.0 Å². The molecule has 2 aliphatic heterocycles. The summed E-state index contributed by atoms with van der Waals surface area (Å²) in [4.78, 5) is 50.8. The number of hydrogen-bond donors (Lipinski definition) is 2. The number of amides is 3. The molecule has 1 aromatic heterocycles. The van der Waals surface area contributed by atoms with Gasteiger partial charge in [-0.3, -0.25) is 9.59 Å². The average molecular weight is 441 g/mol. The van der Waals surface area contributed by atoms with Gasteiger partial charge in [-0.15, -0.1) is 23.1 Å². The molecule has 0 saturated carbocycles. The number of nitrogens with zero attached hydrogens (tertiary/aromatic N) is 1. The smallest absolute Gasteiger partial charge is 0.404 e. The Bertz CT molecular complexity index is 857. The molecule has 0 spiro atoms. The number of rotatable bonds is 7. The Kier molecular flexibility index (Phi) is 6.15. The van der Waals surface area contributed by atoms with Crippen LogP contribution >= 0.6 is 23.1 Å². The number of ether oxygens (including phenoxy) is 3. The molecule has 0 aromatic carbocycles. The highest BCUT2D eigenvalue weighted by Gasteiger charge is 2.67. The summed E-state index contributed by atoms with van der Waals surface area (Å²) in [7, 11) is 2.49. The normalized spacial score (nSPS) is 25.4. The van der Waals surface area contributed by atoms with Crippen LogP contribution in [0.4, 0.5) is 4.79 Å². The number of thiophene rings is 1. The molecule has 10 nitrogen and oxygen atoms in total. The van der Waals surface area contributed by atoms with E-state index >= 15 is 0 Å². The van der Waals surface area contributed by atoms with E-state index in [1.54, 1.807) is 5.41 Å². The molecule has 1 fully saturated rings. The highest BCUT2D eigenvalue weighted by molar-refractivity contribution is 8.03. The van der Waals surface area contributed by atoms with Crippen molar-refractivity contribution in [1.82, 2.24) is 10.2 Å². The summed E-state index contributed by atoms with van der Waals surface area (Å²) >= 11 is 2.58. The van der Waals surface area contributed by atoms with Gasteiger partial charge in [0.1, 0.15) is 12.0 Å². The fourth-order valence-electron chi connectivity index (χ4n) is 3.16. The van der Waals surface area contributed by atoms with Gasteiger partial charge in [-0.1, -0.05) is 6.07 Å². The molecule has 3 rings (SSSR count). The third-order valence-corrected chi connectivity index (χ3v) is 6.63. The van der Waals surface area contributed by atoms with Crippen LogP contribution in [0.25, 0.3) is 0 Å². The summed E-state index contributed by atoms with van der Waals surface area (Å²) in [6, 6.07) is 2.53. The van der Waals surface area contributed by atoms with E-state index in [0.717, 1.165) is 16.6 Å². The standard InChI is InChI=1S/C17H19N3O7S2/c1-25-13(22)12-9(7-27-16(18)24)8-29-15-17(26-2,14(23)20(12)15)19-11(21)6-10-4-3-5-28-10/h3-5,8,12,15H,6-7H2,1-2H3,(H2,18,24)(H,19,21)/t12?,15-,17+/m1/s1. The zero-order valence-electron chi connectivity index (χ0n) is 15.6. The minimum Gasteiger partial charge on any atom is -0.467 e. The maximum absolute atomic E-state index is 13.0. The van der Waals surface area contributed by atoms with E-state index < -0.39 is 35.1 Å². The highest BCUT2D eigenvalue weighted by atomic mass is 32.2. The number of carbonyl (C=O) groups is 4. The minimum atomic E-state index is -1.61. The largest absolute Gasteiger partial charge is 0.467 e. The number of hydrogen-bond acceptors (Lipinski definition) is 9. The van der Waals surface area contributed by atoms with Gasteiger partial charge in [0.2, 0.25) is 5.91 Å². The van der Waals surface area contributed by atoms with Crippen molar-refractivity contribution >= 4 is 47.0 Å². The molecule has 1 unspecified atom stereocenters. The SMILES string of the molecule is COC(=O)C1C(COC(N)=O)=CS[C@H]2N1C(=O)[C@]2(NC(=O)Cc1cccs1)OC. The van der Waals surface area contributed by atoms with Crippen molar-refractivity contribution in [2.45, 2.75) is 23.6 Å².